The van der Waals surface area contributed by atoms with E-state index in [1.807, 2.05) is 24.3 Å². The van der Waals surface area contributed by atoms with E-state index in [9.17, 15) is 4.79 Å². The van der Waals surface area contributed by atoms with Gasteiger partial charge in [0.2, 0.25) is 0 Å². The molecule has 5 heteroatoms. The zero-order chi connectivity index (χ0) is 15.2. The fraction of sp³-hybridized carbons (Fsp3) is 0.188. The summed E-state index contributed by atoms with van der Waals surface area (Å²) in [4.78, 5) is 13.7. The Morgan fingerprint density at radius 3 is 2.52 bits per heavy atom. The Labute approximate surface area is 137 Å². The molecule has 0 saturated heterocycles. The number of hydrogen-bond donors (Lipinski definition) is 0. The lowest BCUT2D eigenvalue weighted by Gasteiger charge is -2.18. The number of nitrogens with zero attached hydrogens (tertiary/aromatic N) is 1. The number of hydrogen-bond acceptors (Lipinski definition) is 2. The average Bonchev–Trinajstić information content (AvgIpc) is 2.48. The van der Waals surface area contributed by atoms with E-state index in [-0.39, 0.29) is 12.5 Å². The number of amides is 1. The van der Waals surface area contributed by atoms with Gasteiger partial charge in [-0.2, -0.15) is 0 Å². The van der Waals surface area contributed by atoms with Crippen LogP contribution in [0.1, 0.15) is 5.56 Å². The van der Waals surface area contributed by atoms with E-state index in [0.717, 1.165) is 10.0 Å². The summed E-state index contributed by atoms with van der Waals surface area (Å²) in [6, 6.07) is 14.8. The summed E-state index contributed by atoms with van der Waals surface area (Å²) >= 11 is 9.27. The summed E-state index contributed by atoms with van der Waals surface area (Å²) < 4.78 is 6.44. The molecule has 2 rings (SSSR count). The van der Waals surface area contributed by atoms with Crippen molar-refractivity contribution < 1.29 is 9.53 Å². The van der Waals surface area contributed by atoms with Crippen LogP contribution < -0.4 is 4.74 Å². The molecule has 0 aliphatic rings. The van der Waals surface area contributed by atoms with Gasteiger partial charge in [0, 0.05) is 23.1 Å². The molecule has 0 aliphatic carbocycles. The van der Waals surface area contributed by atoms with Gasteiger partial charge in [-0.3, -0.25) is 4.79 Å². The van der Waals surface area contributed by atoms with Crippen molar-refractivity contribution in [3.8, 4) is 5.75 Å². The van der Waals surface area contributed by atoms with E-state index < -0.39 is 0 Å². The molecule has 21 heavy (non-hydrogen) atoms. The van der Waals surface area contributed by atoms with E-state index in [1.54, 1.807) is 36.2 Å². The van der Waals surface area contributed by atoms with Crippen molar-refractivity contribution in [2.75, 3.05) is 13.7 Å². The molecule has 0 bridgehead atoms. The molecule has 0 N–H and O–H groups in total. The maximum Gasteiger partial charge on any atom is 0.260 e. The molecular weight excluding hydrogens is 354 g/mol. The van der Waals surface area contributed by atoms with Crippen molar-refractivity contribution in [3.63, 3.8) is 0 Å². The number of carbonyl (C=O) groups excluding carboxylic acids is 1. The standard InChI is InChI=1S/C16H15BrClNO2/c1-19(10-12-4-2-3-5-15(12)17)16(20)11-21-14-8-6-13(18)7-9-14/h2-9H,10-11H2,1H3. The fourth-order valence-electron chi connectivity index (χ4n) is 1.76. The molecule has 0 heterocycles. The maximum absolute atomic E-state index is 12.1. The van der Waals surface area contributed by atoms with Crippen LogP contribution >= 0.6 is 27.5 Å². The number of likely N-dealkylation sites (N-methyl/N-ethyl adjacent to an activating group) is 1. The Hall–Kier alpha value is -1.52. The molecule has 0 spiro atoms. The van der Waals surface area contributed by atoms with Crippen molar-refractivity contribution >= 4 is 33.4 Å². The Balaban J connectivity index is 1.88. The van der Waals surface area contributed by atoms with Gasteiger partial charge in [0.25, 0.3) is 5.91 Å². The van der Waals surface area contributed by atoms with Crippen molar-refractivity contribution in [1.29, 1.82) is 0 Å². The summed E-state index contributed by atoms with van der Waals surface area (Å²) in [5.74, 6) is 0.544. The van der Waals surface area contributed by atoms with Crippen molar-refractivity contribution in [3.05, 3.63) is 63.6 Å². The first kappa shape index (κ1) is 15.9. The molecular formula is C16H15BrClNO2. The second-order valence-corrected chi connectivity index (χ2v) is 5.87. The van der Waals surface area contributed by atoms with E-state index >= 15 is 0 Å². The smallest absolute Gasteiger partial charge is 0.260 e. The van der Waals surface area contributed by atoms with E-state index in [1.165, 1.54) is 0 Å². The molecule has 0 aliphatic heterocycles. The topological polar surface area (TPSA) is 29.5 Å². The minimum Gasteiger partial charge on any atom is -0.484 e. The summed E-state index contributed by atoms with van der Waals surface area (Å²) in [5, 5.41) is 0.639. The Bertz CT molecular complexity index is 616. The second kappa shape index (κ2) is 7.48. The highest BCUT2D eigenvalue weighted by molar-refractivity contribution is 9.10. The highest BCUT2D eigenvalue weighted by Gasteiger charge is 2.11. The van der Waals surface area contributed by atoms with Gasteiger partial charge in [0.1, 0.15) is 5.75 Å². The van der Waals surface area contributed by atoms with Crippen molar-refractivity contribution in [2.45, 2.75) is 6.54 Å². The van der Waals surface area contributed by atoms with Crippen molar-refractivity contribution in [2.24, 2.45) is 0 Å². The molecule has 0 saturated carbocycles. The van der Waals surface area contributed by atoms with Gasteiger partial charge in [-0.1, -0.05) is 45.7 Å². The SMILES string of the molecule is CN(Cc1ccccc1Br)C(=O)COc1ccc(Cl)cc1. The largest absolute Gasteiger partial charge is 0.484 e. The van der Waals surface area contributed by atoms with Gasteiger partial charge in [-0.05, 0) is 35.9 Å². The zero-order valence-electron chi connectivity index (χ0n) is 11.6. The lowest BCUT2D eigenvalue weighted by Crippen LogP contribution is -2.31. The summed E-state index contributed by atoms with van der Waals surface area (Å²) in [7, 11) is 1.76. The first-order chi connectivity index (χ1) is 10.1. The van der Waals surface area contributed by atoms with E-state index in [2.05, 4.69) is 15.9 Å². The number of ether oxygens (including phenoxy) is 1. The van der Waals surface area contributed by atoms with E-state index in [4.69, 9.17) is 16.3 Å². The molecule has 0 aromatic heterocycles. The Morgan fingerprint density at radius 2 is 1.86 bits per heavy atom. The van der Waals surface area contributed by atoms with Crippen LogP contribution in [0.2, 0.25) is 5.02 Å². The third-order valence-corrected chi connectivity index (χ3v) is 3.99. The maximum atomic E-state index is 12.1. The van der Waals surface area contributed by atoms with Crippen molar-refractivity contribution in [1.82, 2.24) is 4.90 Å². The van der Waals surface area contributed by atoms with Gasteiger partial charge in [0.15, 0.2) is 6.61 Å². The molecule has 2 aromatic carbocycles. The number of benzene rings is 2. The lowest BCUT2D eigenvalue weighted by molar-refractivity contribution is -0.132. The Kier molecular flexibility index (Phi) is 5.65. The van der Waals surface area contributed by atoms with Gasteiger partial charge >= 0.3 is 0 Å². The highest BCUT2D eigenvalue weighted by Crippen LogP contribution is 2.18. The average molecular weight is 369 g/mol. The summed E-state index contributed by atoms with van der Waals surface area (Å²) in [5.41, 5.74) is 1.06. The predicted molar refractivity (Wildman–Crippen MR) is 87.6 cm³/mol. The zero-order valence-corrected chi connectivity index (χ0v) is 13.9. The molecule has 0 radical (unpaired) electrons. The van der Waals surface area contributed by atoms with Gasteiger partial charge in [-0.15, -0.1) is 0 Å². The van der Waals surface area contributed by atoms with Crippen LogP contribution in [0.5, 0.6) is 5.75 Å². The highest BCUT2D eigenvalue weighted by atomic mass is 79.9. The summed E-state index contributed by atoms with van der Waals surface area (Å²) in [6.07, 6.45) is 0. The van der Waals surface area contributed by atoms with Crippen LogP contribution in [0.25, 0.3) is 0 Å². The third kappa shape index (κ3) is 4.76. The third-order valence-electron chi connectivity index (χ3n) is 2.97. The monoisotopic (exact) mass is 367 g/mol. The van der Waals surface area contributed by atoms with Crippen LogP contribution in [0.4, 0.5) is 0 Å². The molecule has 0 fully saturated rings. The van der Waals surface area contributed by atoms with Crippen LogP contribution in [0.3, 0.4) is 0 Å². The van der Waals surface area contributed by atoms with Gasteiger partial charge in [0.05, 0.1) is 0 Å². The van der Waals surface area contributed by atoms with Crippen LogP contribution in [-0.4, -0.2) is 24.5 Å². The minimum absolute atomic E-state index is 0.00256. The van der Waals surface area contributed by atoms with E-state index in [0.29, 0.717) is 17.3 Å². The molecule has 1 amide bonds. The van der Waals surface area contributed by atoms with Gasteiger partial charge in [-0.25, -0.2) is 0 Å². The quantitative estimate of drug-likeness (QED) is 0.794. The summed E-state index contributed by atoms with van der Waals surface area (Å²) in [6.45, 7) is 0.535. The lowest BCUT2D eigenvalue weighted by atomic mass is 10.2. The minimum atomic E-state index is -0.0827. The Morgan fingerprint density at radius 1 is 1.19 bits per heavy atom. The molecule has 2 aromatic rings. The first-order valence-electron chi connectivity index (χ1n) is 6.42. The normalized spacial score (nSPS) is 10.2. The number of halogens is 2. The van der Waals surface area contributed by atoms with Crippen LogP contribution in [-0.2, 0) is 11.3 Å². The number of carbonyl (C=O) groups is 1. The van der Waals surface area contributed by atoms with Crippen LogP contribution in [0, 0.1) is 0 Å². The second-order valence-electron chi connectivity index (χ2n) is 4.58. The number of rotatable bonds is 5. The van der Waals surface area contributed by atoms with Crippen LogP contribution in [0.15, 0.2) is 53.0 Å². The molecule has 0 unspecified atom stereocenters. The molecule has 3 nitrogen and oxygen atoms in total. The predicted octanol–water partition coefficient (Wildman–Crippen LogP) is 4.14. The van der Waals surface area contributed by atoms with Gasteiger partial charge < -0.3 is 9.64 Å². The first-order valence-corrected chi connectivity index (χ1v) is 7.59. The molecule has 0 atom stereocenters. The molecule has 110 valence electrons. The fourth-order valence-corrected chi connectivity index (χ4v) is 2.29.